The highest BCUT2D eigenvalue weighted by molar-refractivity contribution is 5.99. The molecule has 222 valence electrons. The highest BCUT2D eigenvalue weighted by Gasteiger charge is 2.38. The summed E-state index contributed by atoms with van der Waals surface area (Å²) in [5.74, 6) is 0. The van der Waals surface area contributed by atoms with Crippen molar-refractivity contribution in [1.82, 2.24) is 0 Å². The maximum Gasteiger partial charge on any atom is 0.0991 e. The summed E-state index contributed by atoms with van der Waals surface area (Å²) in [5.41, 5.74) is 20.8. The molecule has 1 unspecified atom stereocenters. The Morgan fingerprint density at radius 3 is 2.39 bits per heavy atom. The molecule has 1 atom stereocenters. The zero-order chi connectivity index (χ0) is 31.8. The molecule has 3 nitrogen and oxygen atoms in total. The number of rotatable bonds is 5. The van der Waals surface area contributed by atoms with Crippen LogP contribution >= 0.6 is 0 Å². The van der Waals surface area contributed by atoms with Gasteiger partial charge in [-0.25, -0.2) is 0 Å². The number of nitrogens with zero attached hydrogens (tertiary/aromatic N) is 2. The molecule has 0 aromatic heterocycles. The predicted molar refractivity (Wildman–Crippen MR) is 192 cm³/mol. The van der Waals surface area contributed by atoms with Gasteiger partial charge in [-0.1, -0.05) is 124 Å². The van der Waals surface area contributed by atoms with Crippen LogP contribution < -0.4 is 10.6 Å². The van der Waals surface area contributed by atoms with E-state index in [2.05, 4.69) is 135 Å². The lowest BCUT2D eigenvalue weighted by Gasteiger charge is -2.29. The topological polar surface area (TPSA) is 53.0 Å². The van der Waals surface area contributed by atoms with Crippen LogP contribution in [0.1, 0.15) is 58.8 Å². The van der Waals surface area contributed by atoms with Crippen LogP contribution in [0.2, 0.25) is 0 Å². The Labute approximate surface area is 271 Å². The van der Waals surface area contributed by atoms with Gasteiger partial charge < -0.3 is 10.6 Å². The molecule has 0 saturated carbocycles. The van der Waals surface area contributed by atoms with Gasteiger partial charge in [-0.15, -0.1) is 0 Å². The van der Waals surface area contributed by atoms with E-state index in [4.69, 9.17) is 5.73 Å². The summed E-state index contributed by atoms with van der Waals surface area (Å²) in [7, 11) is 0. The Hall–Kier alpha value is -5.69. The van der Waals surface area contributed by atoms with E-state index in [1.165, 1.54) is 22.3 Å². The van der Waals surface area contributed by atoms with Gasteiger partial charge in [0.05, 0.1) is 17.3 Å². The minimum absolute atomic E-state index is 0.102. The molecule has 2 aliphatic rings. The molecule has 0 radical (unpaired) electrons. The molecule has 0 fully saturated rings. The third-order valence-electron chi connectivity index (χ3n) is 9.22. The first-order valence-corrected chi connectivity index (χ1v) is 15.6. The average Bonchev–Trinajstić information content (AvgIpc) is 3.32. The number of anilines is 2. The fourth-order valence-corrected chi connectivity index (χ4v) is 6.90. The van der Waals surface area contributed by atoms with Crippen molar-refractivity contribution in [3.05, 3.63) is 191 Å². The molecule has 1 heterocycles. The average molecular weight is 594 g/mol. The molecule has 5 aromatic carbocycles. The molecule has 46 heavy (non-hydrogen) atoms. The molecule has 1 aliphatic heterocycles. The lowest BCUT2D eigenvalue weighted by molar-refractivity contribution is 0.660. The normalized spacial score (nSPS) is 16.7. The Morgan fingerprint density at radius 2 is 1.57 bits per heavy atom. The van der Waals surface area contributed by atoms with Gasteiger partial charge in [0.15, 0.2) is 0 Å². The fraction of sp³-hybridized carbons (Fsp3) is 0.0930. The number of fused-ring (bicyclic) bond motifs is 5. The number of benzene rings is 5. The molecular formula is C43H35N3. The van der Waals surface area contributed by atoms with Crippen molar-refractivity contribution >= 4 is 22.5 Å². The molecule has 0 bridgehead atoms. The van der Waals surface area contributed by atoms with Crippen LogP contribution in [0.5, 0.6) is 0 Å². The Balaban J connectivity index is 1.38. The van der Waals surface area contributed by atoms with Gasteiger partial charge in [-0.2, -0.15) is 5.26 Å². The van der Waals surface area contributed by atoms with E-state index in [1.54, 1.807) is 6.07 Å². The summed E-state index contributed by atoms with van der Waals surface area (Å²) in [6, 6.07) is 41.6. The molecular weight excluding hydrogens is 558 g/mol. The van der Waals surface area contributed by atoms with Gasteiger partial charge >= 0.3 is 0 Å². The van der Waals surface area contributed by atoms with Crippen molar-refractivity contribution in [1.29, 1.82) is 5.26 Å². The van der Waals surface area contributed by atoms with E-state index < -0.39 is 6.04 Å². The van der Waals surface area contributed by atoms with Crippen molar-refractivity contribution in [2.24, 2.45) is 5.73 Å². The van der Waals surface area contributed by atoms with Gasteiger partial charge in [0.25, 0.3) is 0 Å². The Bertz CT molecular complexity index is 2120. The number of nitriles is 1. The maximum atomic E-state index is 9.46. The Kier molecular flexibility index (Phi) is 7.37. The van der Waals surface area contributed by atoms with E-state index >= 15 is 0 Å². The van der Waals surface area contributed by atoms with Crippen LogP contribution in [0.25, 0.3) is 22.3 Å². The molecule has 2 N–H and O–H groups in total. The number of hydrogen-bond donors (Lipinski definition) is 1. The van der Waals surface area contributed by atoms with Gasteiger partial charge in [-0.05, 0) is 86.5 Å². The van der Waals surface area contributed by atoms with Gasteiger partial charge in [-0.3, -0.25) is 0 Å². The second kappa shape index (κ2) is 11.7. The zero-order valence-corrected chi connectivity index (χ0v) is 26.1. The summed E-state index contributed by atoms with van der Waals surface area (Å²) in [4.78, 5) is 2.26. The standard InChI is InChI=1S/C43H35N3/c1-29-13-9-10-24-46(40-23-22-38-42(41(29)40)35-20-7-8-21-37(35)43(38,2)3)34-19-12-17-32(26-34)36(31-15-5-4-6-16-31)27-39(45)33-18-11-14-30(25-33)28-44/h4-27,39H,1,45H2,2-3H3/b13-9-,24-10-,36-27-. The summed E-state index contributed by atoms with van der Waals surface area (Å²) < 4.78 is 0. The van der Waals surface area contributed by atoms with Crippen LogP contribution in [0.4, 0.5) is 11.4 Å². The Morgan fingerprint density at radius 1 is 0.804 bits per heavy atom. The lowest BCUT2D eigenvalue weighted by Crippen LogP contribution is -2.16. The summed E-state index contributed by atoms with van der Waals surface area (Å²) in [6.07, 6.45) is 10.5. The van der Waals surface area contributed by atoms with E-state index in [9.17, 15) is 5.26 Å². The first-order valence-electron chi connectivity index (χ1n) is 15.6. The molecule has 5 aromatic rings. The van der Waals surface area contributed by atoms with Crippen LogP contribution in [0.3, 0.4) is 0 Å². The highest BCUT2D eigenvalue weighted by atomic mass is 15.1. The van der Waals surface area contributed by atoms with Crippen LogP contribution in [-0.2, 0) is 5.41 Å². The smallest absolute Gasteiger partial charge is 0.0991 e. The zero-order valence-electron chi connectivity index (χ0n) is 26.1. The quantitative estimate of drug-likeness (QED) is 0.221. The third kappa shape index (κ3) is 5.00. The molecule has 7 rings (SSSR count). The molecule has 0 saturated heterocycles. The second-order valence-electron chi connectivity index (χ2n) is 12.4. The minimum Gasteiger partial charge on any atom is -0.321 e. The minimum atomic E-state index is -0.394. The van der Waals surface area contributed by atoms with E-state index in [0.717, 1.165) is 44.8 Å². The van der Waals surface area contributed by atoms with Gasteiger partial charge in [0, 0.05) is 28.9 Å². The van der Waals surface area contributed by atoms with E-state index in [-0.39, 0.29) is 5.41 Å². The maximum absolute atomic E-state index is 9.46. The van der Waals surface area contributed by atoms with Gasteiger partial charge in [0.2, 0.25) is 0 Å². The van der Waals surface area contributed by atoms with Crippen molar-refractivity contribution in [3.8, 4) is 17.2 Å². The first kappa shape index (κ1) is 29.0. The monoisotopic (exact) mass is 593 g/mol. The van der Waals surface area contributed by atoms with Crippen molar-refractivity contribution < 1.29 is 0 Å². The van der Waals surface area contributed by atoms with Crippen molar-refractivity contribution in [2.45, 2.75) is 25.3 Å². The summed E-state index contributed by atoms with van der Waals surface area (Å²) in [6.45, 7) is 9.17. The van der Waals surface area contributed by atoms with Crippen LogP contribution in [0, 0.1) is 11.3 Å². The van der Waals surface area contributed by atoms with Crippen LogP contribution in [0.15, 0.2) is 152 Å². The predicted octanol–water partition coefficient (Wildman–Crippen LogP) is 10.2. The summed E-state index contributed by atoms with van der Waals surface area (Å²) >= 11 is 0. The van der Waals surface area contributed by atoms with Gasteiger partial charge in [0.1, 0.15) is 0 Å². The molecule has 0 amide bonds. The third-order valence-corrected chi connectivity index (χ3v) is 9.22. The largest absolute Gasteiger partial charge is 0.321 e. The summed E-state index contributed by atoms with van der Waals surface area (Å²) in [5, 5.41) is 9.46. The molecule has 0 spiro atoms. The van der Waals surface area contributed by atoms with Crippen LogP contribution in [-0.4, -0.2) is 0 Å². The molecule has 1 aliphatic carbocycles. The fourth-order valence-electron chi connectivity index (χ4n) is 6.90. The first-order chi connectivity index (χ1) is 22.4. The highest BCUT2D eigenvalue weighted by Crippen LogP contribution is 2.54. The second-order valence-corrected chi connectivity index (χ2v) is 12.4. The SMILES string of the molecule is C=C1/C=C\C=C/N(c2cccc(/C(=C\C(N)c3cccc(C#N)c3)c3ccccc3)c2)c2ccc3c(c21)-c1ccccc1C3(C)C. The molecule has 3 heteroatoms. The van der Waals surface area contributed by atoms with Crippen molar-refractivity contribution in [3.63, 3.8) is 0 Å². The van der Waals surface area contributed by atoms with Crippen molar-refractivity contribution in [2.75, 3.05) is 4.90 Å². The lowest BCUT2D eigenvalue weighted by atomic mass is 9.81. The van der Waals surface area contributed by atoms with E-state index in [0.29, 0.717) is 5.56 Å². The number of hydrogen-bond acceptors (Lipinski definition) is 3. The number of allylic oxidation sites excluding steroid dienone is 4. The van der Waals surface area contributed by atoms with E-state index in [1.807, 2.05) is 36.4 Å². The number of nitrogens with two attached hydrogens (primary N) is 1.